The number of hydrogen-bond donors (Lipinski definition) is 2. The molecule has 5 heteroatoms. The van der Waals surface area contributed by atoms with Crippen molar-refractivity contribution in [2.24, 2.45) is 0 Å². The second kappa shape index (κ2) is 8.67. The molecule has 4 nitrogen and oxygen atoms in total. The van der Waals surface area contributed by atoms with E-state index in [0.717, 1.165) is 39.0 Å². The van der Waals surface area contributed by atoms with Gasteiger partial charge in [0, 0.05) is 5.69 Å². The van der Waals surface area contributed by atoms with Crippen LogP contribution in [0.2, 0.25) is 0 Å². The monoisotopic (exact) mass is 394 g/mol. The van der Waals surface area contributed by atoms with E-state index in [4.69, 9.17) is 4.98 Å². The molecule has 0 aliphatic rings. The van der Waals surface area contributed by atoms with Gasteiger partial charge in [-0.1, -0.05) is 48.0 Å². The predicted molar refractivity (Wildman–Crippen MR) is 117 cm³/mol. The summed E-state index contributed by atoms with van der Waals surface area (Å²) in [6.45, 7) is 9.34. The van der Waals surface area contributed by atoms with Gasteiger partial charge in [-0.15, -0.1) is 11.3 Å². The number of aromatic nitrogens is 1. The maximum absolute atomic E-state index is 12.5. The second-order valence-corrected chi connectivity index (χ2v) is 8.60. The molecule has 28 heavy (non-hydrogen) atoms. The summed E-state index contributed by atoms with van der Waals surface area (Å²) in [7, 11) is 2.04. The van der Waals surface area contributed by atoms with Gasteiger partial charge in [-0.25, -0.2) is 4.98 Å². The molecule has 0 bridgehead atoms. The Morgan fingerprint density at radius 3 is 2.36 bits per heavy atom. The van der Waals surface area contributed by atoms with E-state index in [0.29, 0.717) is 6.54 Å². The molecule has 0 aliphatic heterocycles. The first-order valence-corrected chi connectivity index (χ1v) is 10.4. The van der Waals surface area contributed by atoms with Crippen LogP contribution >= 0.6 is 11.3 Å². The van der Waals surface area contributed by atoms with Gasteiger partial charge >= 0.3 is 0 Å². The van der Waals surface area contributed by atoms with Gasteiger partial charge in [0.1, 0.15) is 11.6 Å². The largest absolute Gasteiger partial charge is 0.324 e. The molecule has 2 aromatic carbocycles. The van der Waals surface area contributed by atoms with E-state index < -0.39 is 0 Å². The van der Waals surface area contributed by atoms with Crippen LogP contribution in [0.5, 0.6) is 0 Å². The number of likely N-dealkylation sites (N-methyl/N-ethyl adjacent to an activating group) is 1. The Morgan fingerprint density at radius 2 is 1.71 bits per heavy atom. The highest BCUT2D eigenvalue weighted by molar-refractivity contribution is 7.15. The number of hydrogen-bond acceptors (Lipinski definition) is 3. The Labute approximate surface area is 171 Å². The third-order valence-corrected chi connectivity index (χ3v) is 5.94. The highest BCUT2D eigenvalue weighted by atomic mass is 32.1. The lowest BCUT2D eigenvalue weighted by atomic mass is 10.1. The smallest absolute Gasteiger partial charge is 0.279 e. The van der Waals surface area contributed by atoms with Crippen molar-refractivity contribution >= 4 is 22.9 Å². The molecule has 0 saturated heterocycles. The lowest BCUT2D eigenvalue weighted by Gasteiger charge is -2.15. The van der Waals surface area contributed by atoms with Crippen molar-refractivity contribution in [1.29, 1.82) is 0 Å². The zero-order chi connectivity index (χ0) is 20.3. The van der Waals surface area contributed by atoms with Crippen LogP contribution < -0.4 is 10.2 Å². The van der Waals surface area contributed by atoms with E-state index in [2.05, 4.69) is 36.5 Å². The van der Waals surface area contributed by atoms with Crippen molar-refractivity contribution in [3.05, 3.63) is 69.9 Å². The third kappa shape index (κ3) is 4.86. The van der Waals surface area contributed by atoms with E-state index >= 15 is 0 Å². The number of benzene rings is 2. The van der Waals surface area contributed by atoms with Gasteiger partial charge in [0.05, 0.1) is 17.6 Å². The zero-order valence-corrected chi connectivity index (χ0v) is 18.0. The van der Waals surface area contributed by atoms with Gasteiger partial charge in [-0.2, -0.15) is 0 Å². The average Bonchev–Trinajstić information content (AvgIpc) is 2.98. The highest BCUT2D eigenvalue weighted by Gasteiger charge is 2.16. The predicted octanol–water partition coefficient (Wildman–Crippen LogP) is 3.70. The van der Waals surface area contributed by atoms with Crippen LogP contribution in [0, 0.1) is 27.7 Å². The number of rotatable bonds is 6. The van der Waals surface area contributed by atoms with Crippen molar-refractivity contribution < 1.29 is 9.69 Å². The van der Waals surface area contributed by atoms with Crippen LogP contribution in [-0.4, -0.2) is 24.5 Å². The molecule has 146 valence electrons. The fourth-order valence-electron chi connectivity index (χ4n) is 3.54. The SMILES string of the molecule is Cc1cc(C)c(NC(=O)C[NH+](C)Cc2nc(C)c(-c3ccccc3)s2)c(C)c1. The van der Waals surface area contributed by atoms with E-state index in [9.17, 15) is 4.79 Å². The summed E-state index contributed by atoms with van der Waals surface area (Å²) >= 11 is 1.71. The van der Waals surface area contributed by atoms with Gasteiger partial charge in [-0.05, 0) is 44.4 Å². The maximum atomic E-state index is 12.5. The molecule has 0 spiro atoms. The fourth-order valence-corrected chi connectivity index (χ4v) is 4.72. The first-order chi connectivity index (χ1) is 13.3. The molecular formula is C23H28N3OS+. The van der Waals surface area contributed by atoms with Crippen LogP contribution in [0.15, 0.2) is 42.5 Å². The maximum Gasteiger partial charge on any atom is 0.279 e. The Hall–Kier alpha value is -2.50. The summed E-state index contributed by atoms with van der Waals surface area (Å²) in [4.78, 5) is 19.6. The van der Waals surface area contributed by atoms with Crippen LogP contribution in [0.3, 0.4) is 0 Å². The molecule has 1 unspecified atom stereocenters. The molecule has 0 aliphatic carbocycles. The lowest BCUT2D eigenvalue weighted by Crippen LogP contribution is -3.08. The van der Waals surface area contributed by atoms with Crippen molar-refractivity contribution in [2.45, 2.75) is 34.2 Å². The van der Waals surface area contributed by atoms with Gasteiger partial charge in [0.25, 0.3) is 5.91 Å². The Bertz CT molecular complexity index is 956. The van der Waals surface area contributed by atoms with E-state index in [-0.39, 0.29) is 5.91 Å². The van der Waals surface area contributed by atoms with E-state index in [1.165, 1.54) is 16.0 Å². The quantitative estimate of drug-likeness (QED) is 0.670. The fraction of sp³-hybridized carbons (Fsp3) is 0.304. The standard InChI is InChI=1S/C23H27N3OS/c1-15-11-16(2)22(17(3)12-15)25-20(27)13-26(5)14-21-24-18(4)23(28-21)19-9-7-6-8-10-19/h6-12H,13-14H2,1-5H3,(H,25,27)/p+1. The number of carbonyl (C=O) groups excluding carboxylic acids is 1. The minimum Gasteiger partial charge on any atom is -0.324 e. The molecule has 2 N–H and O–H groups in total. The third-order valence-electron chi connectivity index (χ3n) is 4.73. The van der Waals surface area contributed by atoms with E-state index in [1.807, 2.05) is 46.0 Å². The summed E-state index contributed by atoms with van der Waals surface area (Å²) in [6, 6.07) is 14.5. The summed E-state index contributed by atoms with van der Waals surface area (Å²) < 4.78 is 0. The van der Waals surface area contributed by atoms with Crippen LogP contribution in [0.1, 0.15) is 27.4 Å². The number of quaternary nitrogens is 1. The summed E-state index contributed by atoms with van der Waals surface area (Å²) in [5.41, 5.74) is 6.60. The van der Waals surface area contributed by atoms with Gasteiger partial charge in [0.15, 0.2) is 6.54 Å². The number of nitrogens with zero attached hydrogens (tertiary/aromatic N) is 1. The second-order valence-electron chi connectivity index (χ2n) is 7.52. The first-order valence-electron chi connectivity index (χ1n) is 9.54. The molecule has 1 atom stereocenters. The van der Waals surface area contributed by atoms with Gasteiger partial charge in [-0.3, -0.25) is 4.79 Å². The lowest BCUT2D eigenvalue weighted by molar-refractivity contribution is -0.885. The normalized spacial score (nSPS) is 12.0. The Kier molecular flexibility index (Phi) is 6.27. The number of thiazole rings is 1. The van der Waals surface area contributed by atoms with Crippen molar-refractivity contribution in [3.63, 3.8) is 0 Å². The van der Waals surface area contributed by atoms with Crippen LogP contribution in [0.25, 0.3) is 10.4 Å². The average molecular weight is 395 g/mol. The highest BCUT2D eigenvalue weighted by Crippen LogP contribution is 2.29. The molecule has 1 heterocycles. The van der Waals surface area contributed by atoms with Crippen molar-refractivity contribution in [1.82, 2.24) is 4.98 Å². The molecule has 0 saturated carbocycles. The number of amides is 1. The van der Waals surface area contributed by atoms with E-state index in [1.54, 1.807) is 11.3 Å². The Morgan fingerprint density at radius 1 is 1.07 bits per heavy atom. The molecule has 3 rings (SSSR count). The topological polar surface area (TPSA) is 46.4 Å². The molecule has 0 radical (unpaired) electrons. The molecular weight excluding hydrogens is 366 g/mol. The first kappa shape index (κ1) is 20.2. The van der Waals surface area contributed by atoms with Gasteiger partial charge < -0.3 is 10.2 Å². The molecule has 0 fully saturated rings. The number of nitrogens with one attached hydrogen (secondary N) is 2. The summed E-state index contributed by atoms with van der Waals surface area (Å²) in [5, 5.41) is 4.15. The number of aryl methyl sites for hydroxylation is 4. The molecule has 1 amide bonds. The van der Waals surface area contributed by atoms with Crippen molar-refractivity contribution in [3.8, 4) is 10.4 Å². The Balaban J connectivity index is 1.63. The van der Waals surface area contributed by atoms with Crippen LogP contribution in [0.4, 0.5) is 5.69 Å². The van der Waals surface area contributed by atoms with Crippen molar-refractivity contribution in [2.75, 3.05) is 18.9 Å². The zero-order valence-electron chi connectivity index (χ0n) is 17.2. The number of anilines is 1. The molecule has 1 aromatic heterocycles. The molecule has 3 aromatic rings. The summed E-state index contributed by atoms with van der Waals surface area (Å²) in [5.74, 6) is 0.0316. The van der Waals surface area contributed by atoms with Gasteiger partial charge in [0.2, 0.25) is 0 Å². The minimum atomic E-state index is 0.0316. The minimum absolute atomic E-state index is 0.0316. The number of carbonyl (C=O) groups is 1. The summed E-state index contributed by atoms with van der Waals surface area (Å²) in [6.07, 6.45) is 0. The van der Waals surface area contributed by atoms with Crippen LogP contribution in [-0.2, 0) is 11.3 Å².